The van der Waals surface area contributed by atoms with Gasteiger partial charge >= 0.3 is 0 Å². The van der Waals surface area contributed by atoms with Crippen molar-refractivity contribution >= 4 is 28.2 Å². The van der Waals surface area contributed by atoms with E-state index in [2.05, 4.69) is 44.4 Å². The second kappa shape index (κ2) is 10.6. The van der Waals surface area contributed by atoms with Gasteiger partial charge in [-0.15, -0.1) is 11.3 Å². The van der Waals surface area contributed by atoms with Crippen LogP contribution in [0.3, 0.4) is 0 Å². The molecule has 31 heavy (non-hydrogen) atoms. The van der Waals surface area contributed by atoms with Gasteiger partial charge in [0.2, 0.25) is 0 Å². The largest absolute Gasteiger partial charge is 0.346 e. The molecule has 1 saturated heterocycles. The number of halogens is 1. The first-order valence-corrected chi connectivity index (χ1v) is 12.9. The van der Waals surface area contributed by atoms with Gasteiger partial charge in [-0.1, -0.05) is 19.1 Å². The number of imidazole rings is 1. The molecule has 0 radical (unpaired) electrons. The van der Waals surface area contributed by atoms with Gasteiger partial charge in [0.15, 0.2) is 5.13 Å². The molecule has 4 rings (SSSR count). The number of piperazine rings is 1. The summed E-state index contributed by atoms with van der Waals surface area (Å²) in [5, 5.41) is 1.16. The molecule has 3 aromatic rings. The summed E-state index contributed by atoms with van der Waals surface area (Å²) in [5.74, 6) is 2.15. The molecule has 0 bridgehead atoms. The molecule has 5 nitrogen and oxygen atoms in total. The second-order valence-corrected chi connectivity index (χ2v) is 10.3. The van der Waals surface area contributed by atoms with Crippen molar-refractivity contribution in [2.24, 2.45) is 0 Å². The summed E-state index contributed by atoms with van der Waals surface area (Å²) in [5.41, 5.74) is 2.28. The summed E-state index contributed by atoms with van der Waals surface area (Å²) in [4.78, 5) is 15.3. The van der Waals surface area contributed by atoms with Crippen LogP contribution in [0, 0.1) is 5.82 Å². The number of hydrogen-bond donors (Lipinski definition) is 0. The van der Waals surface area contributed by atoms with Crippen molar-refractivity contribution in [3.8, 4) is 0 Å². The Morgan fingerprint density at radius 3 is 2.65 bits per heavy atom. The van der Waals surface area contributed by atoms with Crippen molar-refractivity contribution in [3.63, 3.8) is 0 Å². The zero-order chi connectivity index (χ0) is 21.6. The van der Waals surface area contributed by atoms with Crippen molar-refractivity contribution in [1.82, 2.24) is 19.4 Å². The van der Waals surface area contributed by atoms with Gasteiger partial charge in [-0.25, -0.2) is 14.4 Å². The van der Waals surface area contributed by atoms with Gasteiger partial charge in [0.05, 0.1) is 18.1 Å². The number of thiazole rings is 1. The number of benzene rings is 1. The van der Waals surface area contributed by atoms with E-state index in [0.717, 1.165) is 49.8 Å². The van der Waals surface area contributed by atoms with Crippen molar-refractivity contribution in [3.05, 3.63) is 64.9 Å². The van der Waals surface area contributed by atoms with Gasteiger partial charge in [0.25, 0.3) is 0 Å². The van der Waals surface area contributed by atoms with Crippen molar-refractivity contribution in [2.75, 3.05) is 42.6 Å². The molecule has 0 amide bonds. The summed E-state index contributed by atoms with van der Waals surface area (Å²) in [7, 11) is 0. The quantitative estimate of drug-likeness (QED) is 0.434. The Morgan fingerprint density at radius 2 is 1.90 bits per heavy atom. The maximum atomic E-state index is 13.3. The third-order valence-corrected chi connectivity index (χ3v) is 7.80. The minimum atomic E-state index is -0.202. The Morgan fingerprint density at radius 1 is 1.13 bits per heavy atom. The molecule has 3 heterocycles. The smallest absolute Gasteiger partial charge is 0.185 e. The number of aromatic nitrogens is 3. The van der Waals surface area contributed by atoms with E-state index in [9.17, 15) is 4.39 Å². The molecule has 1 unspecified atom stereocenters. The lowest BCUT2D eigenvalue weighted by Crippen LogP contribution is -2.46. The number of rotatable bonds is 9. The Kier molecular flexibility index (Phi) is 7.63. The van der Waals surface area contributed by atoms with E-state index in [0.29, 0.717) is 0 Å². The third-order valence-electron chi connectivity index (χ3n) is 5.78. The molecule has 0 aliphatic carbocycles. The zero-order valence-electron chi connectivity index (χ0n) is 18.2. The molecule has 1 aliphatic heterocycles. The van der Waals surface area contributed by atoms with E-state index in [1.807, 2.05) is 47.8 Å². The lowest BCUT2D eigenvalue weighted by molar-refractivity contribution is 0.243. The van der Waals surface area contributed by atoms with Crippen LogP contribution < -0.4 is 4.90 Å². The fourth-order valence-electron chi connectivity index (χ4n) is 3.91. The Balaban J connectivity index is 1.32. The second-order valence-electron chi connectivity index (χ2n) is 7.84. The number of thioether (sulfide) groups is 1. The van der Waals surface area contributed by atoms with E-state index in [-0.39, 0.29) is 11.9 Å². The third kappa shape index (κ3) is 5.67. The van der Waals surface area contributed by atoms with Crippen LogP contribution in [-0.2, 0) is 13.0 Å². The maximum absolute atomic E-state index is 13.3. The van der Waals surface area contributed by atoms with Crippen molar-refractivity contribution < 1.29 is 4.39 Å². The molecule has 8 heteroatoms. The van der Waals surface area contributed by atoms with Crippen LogP contribution in [0.2, 0.25) is 0 Å². The van der Waals surface area contributed by atoms with E-state index in [1.165, 1.54) is 34.2 Å². The van der Waals surface area contributed by atoms with Crippen LogP contribution in [0.15, 0.2) is 43.0 Å². The highest BCUT2D eigenvalue weighted by atomic mass is 32.2. The first-order chi connectivity index (χ1) is 15.1. The van der Waals surface area contributed by atoms with Crippen LogP contribution in [-0.4, -0.2) is 57.1 Å². The van der Waals surface area contributed by atoms with Crippen molar-refractivity contribution in [2.45, 2.75) is 32.9 Å². The predicted octanol–water partition coefficient (Wildman–Crippen LogP) is 4.71. The van der Waals surface area contributed by atoms with E-state index >= 15 is 0 Å². The molecule has 1 atom stereocenters. The lowest BCUT2D eigenvalue weighted by atomic mass is 10.1. The number of nitrogens with zero attached hydrogens (tertiary/aromatic N) is 5. The highest BCUT2D eigenvalue weighted by molar-refractivity contribution is 7.99. The Hall–Kier alpha value is -1.90. The van der Waals surface area contributed by atoms with Gasteiger partial charge in [-0.3, -0.25) is 4.90 Å². The van der Waals surface area contributed by atoms with Crippen molar-refractivity contribution in [1.29, 1.82) is 0 Å². The average Bonchev–Trinajstić information content (AvgIpc) is 3.44. The topological polar surface area (TPSA) is 37.2 Å². The molecular formula is C23H30FN5S2. The van der Waals surface area contributed by atoms with Crippen LogP contribution >= 0.6 is 23.1 Å². The molecule has 0 spiro atoms. The zero-order valence-corrected chi connectivity index (χ0v) is 19.8. The normalized spacial score (nSPS) is 16.0. The molecule has 1 aromatic carbocycles. The lowest BCUT2D eigenvalue weighted by Gasteiger charge is -2.34. The fourth-order valence-corrected chi connectivity index (χ4v) is 5.65. The van der Waals surface area contributed by atoms with E-state index in [4.69, 9.17) is 0 Å². The minimum Gasteiger partial charge on any atom is -0.346 e. The van der Waals surface area contributed by atoms with E-state index < -0.39 is 0 Å². The van der Waals surface area contributed by atoms with Gasteiger partial charge < -0.3 is 9.47 Å². The SMILES string of the molecule is CCSCCc1cnc(N2CCN(Cc3cncn3C(C)c3ccc(F)cc3)CC2)s1. The standard InChI is InChI=1S/C23H30FN5S2/c1-3-30-13-8-22-15-26-23(31-22)28-11-9-27(10-12-28)16-21-14-25-17-29(21)18(2)19-4-6-20(24)7-5-19/h4-7,14-15,17-18H,3,8-13,16H2,1-2H3. The summed E-state index contributed by atoms with van der Waals surface area (Å²) >= 11 is 3.83. The Labute approximate surface area is 192 Å². The molecule has 1 fully saturated rings. The van der Waals surface area contributed by atoms with Gasteiger partial charge in [0.1, 0.15) is 5.82 Å². The molecule has 0 N–H and O–H groups in total. The van der Waals surface area contributed by atoms with Crippen LogP contribution in [0.5, 0.6) is 0 Å². The minimum absolute atomic E-state index is 0.124. The summed E-state index contributed by atoms with van der Waals surface area (Å²) in [6, 6.07) is 6.87. The van der Waals surface area contributed by atoms with Gasteiger partial charge in [0, 0.05) is 50.0 Å². The van der Waals surface area contributed by atoms with E-state index in [1.54, 1.807) is 0 Å². The number of aryl methyl sites for hydroxylation is 1. The highest BCUT2D eigenvalue weighted by Gasteiger charge is 2.21. The summed E-state index contributed by atoms with van der Waals surface area (Å²) < 4.78 is 15.5. The van der Waals surface area contributed by atoms with Crippen LogP contribution in [0.4, 0.5) is 9.52 Å². The fraction of sp³-hybridized carbons (Fsp3) is 0.478. The number of anilines is 1. The van der Waals surface area contributed by atoms with Gasteiger partial charge in [-0.05, 0) is 42.5 Å². The number of hydrogen-bond acceptors (Lipinski definition) is 6. The first kappa shape index (κ1) is 22.3. The van der Waals surface area contributed by atoms with Crippen LogP contribution in [0.25, 0.3) is 0 Å². The predicted molar refractivity (Wildman–Crippen MR) is 129 cm³/mol. The maximum Gasteiger partial charge on any atom is 0.185 e. The molecule has 2 aromatic heterocycles. The molecule has 1 aliphatic rings. The summed E-state index contributed by atoms with van der Waals surface area (Å²) in [6.07, 6.45) is 7.01. The average molecular weight is 460 g/mol. The first-order valence-electron chi connectivity index (χ1n) is 10.9. The summed E-state index contributed by atoms with van der Waals surface area (Å²) in [6.45, 7) is 9.23. The van der Waals surface area contributed by atoms with Gasteiger partial charge in [-0.2, -0.15) is 11.8 Å². The molecular weight excluding hydrogens is 429 g/mol. The molecule has 166 valence electrons. The highest BCUT2D eigenvalue weighted by Crippen LogP contribution is 2.26. The van der Waals surface area contributed by atoms with Crippen LogP contribution in [0.1, 0.15) is 36.0 Å². The molecule has 0 saturated carbocycles. The monoisotopic (exact) mass is 459 g/mol. The Bertz CT molecular complexity index is 947.